The number of benzene rings is 1. The van der Waals surface area contributed by atoms with Gasteiger partial charge in [0, 0.05) is 13.1 Å². The van der Waals surface area contributed by atoms with Crippen molar-refractivity contribution in [3.63, 3.8) is 0 Å². The van der Waals surface area contributed by atoms with Crippen molar-refractivity contribution in [2.75, 3.05) is 26.7 Å². The predicted molar refractivity (Wildman–Crippen MR) is 58.6 cm³/mol. The summed E-state index contributed by atoms with van der Waals surface area (Å²) < 4.78 is 18.2. The van der Waals surface area contributed by atoms with Gasteiger partial charge in [-0.1, -0.05) is 12.1 Å². The van der Waals surface area contributed by atoms with E-state index in [1.54, 1.807) is 12.1 Å². The van der Waals surface area contributed by atoms with Gasteiger partial charge < -0.3 is 14.7 Å². The van der Waals surface area contributed by atoms with Crippen molar-refractivity contribution in [2.24, 2.45) is 0 Å². The number of rotatable bonds is 2. The first-order valence-electron chi connectivity index (χ1n) is 5.40. The standard InChI is InChI=1S/C12H16FNO2/c1-14-6-7-16-11(8-14)12(15)9-2-4-10(13)5-3-9/h2-5,11-12,15H,6-8H2,1H3. The number of aliphatic hydroxyl groups excluding tert-OH is 1. The number of hydrogen-bond donors (Lipinski definition) is 1. The van der Waals surface area contributed by atoms with Crippen molar-refractivity contribution in [1.82, 2.24) is 4.90 Å². The lowest BCUT2D eigenvalue weighted by atomic mass is 10.0. The number of ether oxygens (including phenoxy) is 1. The Morgan fingerprint density at radius 2 is 2.12 bits per heavy atom. The van der Waals surface area contributed by atoms with Gasteiger partial charge in [-0.15, -0.1) is 0 Å². The molecule has 0 bridgehead atoms. The minimum Gasteiger partial charge on any atom is -0.386 e. The summed E-state index contributed by atoms with van der Waals surface area (Å²) in [5.74, 6) is -0.294. The third-order valence-electron chi connectivity index (χ3n) is 2.86. The third-order valence-corrected chi connectivity index (χ3v) is 2.86. The van der Waals surface area contributed by atoms with Crippen LogP contribution in [0.2, 0.25) is 0 Å². The van der Waals surface area contributed by atoms with Crippen LogP contribution in [0, 0.1) is 5.82 Å². The second-order valence-electron chi connectivity index (χ2n) is 4.17. The van der Waals surface area contributed by atoms with Gasteiger partial charge in [0.05, 0.1) is 6.61 Å². The molecule has 1 aromatic rings. The highest BCUT2D eigenvalue weighted by Gasteiger charge is 2.26. The molecule has 1 fully saturated rings. The number of aliphatic hydroxyl groups is 1. The Kier molecular flexibility index (Phi) is 3.53. The quantitative estimate of drug-likeness (QED) is 0.820. The van der Waals surface area contributed by atoms with Gasteiger partial charge in [0.1, 0.15) is 18.0 Å². The molecule has 3 nitrogen and oxygen atoms in total. The zero-order chi connectivity index (χ0) is 11.5. The van der Waals surface area contributed by atoms with Crippen molar-refractivity contribution in [3.05, 3.63) is 35.6 Å². The molecule has 1 N–H and O–H groups in total. The molecule has 1 saturated heterocycles. The van der Waals surface area contributed by atoms with E-state index in [1.165, 1.54) is 12.1 Å². The van der Waals surface area contributed by atoms with E-state index in [2.05, 4.69) is 4.90 Å². The monoisotopic (exact) mass is 225 g/mol. The number of morpholine rings is 1. The molecule has 0 radical (unpaired) electrons. The third kappa shape index (κ3) is 2.58. The van der Waals surface area contributed by atoms with Crippen molar-refractivity contribution in [1.29, 1.82) is 0 Å². The van der Waals surface area contributed by atoms with Crippen LogP contribution in [0.15, 0.2) is 24.3 Å². The first-order valence-corrected chi connectivity index (χ1v) is 5.40. The van der Waals surface area contributed by atoms with Crippen LogP contribution < -0.4 is 0 Å². The fraction of sp³-hybridized carbons (Fsp3) is 0.500. The lowest BCUT2D eigenvalue weighted by molar-refractivity contribution is -0.0844. The average Bonchev–Trinajstić information content (AvgIpc) is 2.29. The SMILES string of the molecule is CN1CCOC(C(O)c2ccc(F)cc2)C1. The summed E-state index contributed by atoms with van der Waals surface area (Å²) in [6.07, 6.45) is -0.924. The molecule has 0 spiro atoms. The highest BCUT2D eigenvalue weighted by Crippen LogP contribution is 2.21. The maximum Gasteiger partial charge on any atom is 0.123 e. The summed E-state index contributed by atoms with van der Waals surface area (Å²) in [7, 11) is 1.99. The van der Waals surface area contributed by atoms with Gasteiger partial charge in [0.15, 0.2) is 0 Å². The molecule has 2 atom stereocenters. The lowest BCUT2D eigenvalue weighted by Crippen LogP contribution is -2.42. The summed E-state index contributed by atoms with van der Waals surface area (Å²) in [6.45, 7) is 2.20. The topological polar surface area (TPSA) is 32.7 Å². The summed E-state index contributed by atoms with van der Waals surface area (Å²) in [4.78, 5) is 2.11. The molecule has 0 aromatic heterocycles. The largest absolute Gasteiger partial charge is 0.386 e. The van der Waals surface area contributed by atoms with Crippen LogP contribution >= 0.6 is 0 Å². The van der Waals surface area contributed by atoms with Gasteiger partial charge in [-0.25, -0.2) is 4.39 Å². The van der Waals surface area contributed by atoms with Crippen molar-refractivity contribution < 1.29 is 14.2 Å². The van der Waals surface area contributed by atoms with E-state index in [0.717, 1.165) is 6.54 Å². The Morgan fingerprint density at radius 1 is 1.44 bits per heavy atom. The molecular formula is C12H16FNO2. The molecule has 4 heteroatoms. The first-order chi connectivity index (χ1) is 7.66. The molecule has 1 aliphatic heterocycles. The zero-order valence-electron chi connectivity index (χ0n) is 9.27. The number of nitrogens with zero attached hydrogens (tertiary/aromatic N) is 1. The van der Waals surface area contributed by atoms with E-state index < -0.39 is 6.10 Å². The Hall–Kier alpha value is -0.970. The van der Waals surface area contributed by atoms with E-state index in [1.807, 2.05) is 7.05 Å². The van der Waals surface area contributed by atoms with Crippen LogP contribution in [0.25, 0.3) is 0 Å². The van der Waals surface area contributed by atoms with E-state index in [9.17, 15) is 9.50 Å². The summed E-state index contributed by atoms with van der Waals surface area (Å²) >= 11 is 0. The molecule has 1 aliphatic rings. The lowest BCUT2D eigenvalue weighted by Gasteiger charge is -2.33. The van der Waals surface area contributed by atoms with Crippen LogP contribution in [0.3, 0.4) is 0 Å². The molecule has 0 saturated carbocycles. The average molecular weight is 225 g/mol. The molecule has 2 unspecified atom stereocenters. The first kappa shape index (κ1) is 11.5. The fourth-order valence-corrected chi connectivity index (χ4v) is 1.88. The normalized spacial score (nSPS) is 24.3. The second-order valence-corrected chi connectivity index (χ2v) is 4.17. The van der Waals surface area contributed by atoms with Crippen LogP contribution in [0.4, 0.5) is 4.39 Å². The van der Waals surface area contributed by atoms with E-state index in [-0.39, 0.29) is 11.9 Å². The van der Waals surface area contributed by atoms with Gasteiger partial charge in [-0.3, -0.25) is 0 Å². The van der Waals surface area contributed by atoms with Gasteiger partial charge in [-0.05, 0) is 24.7 Å². The molecule has 88 valence electrons. The Bertz CT molecular complexity index is 341. The van der Waals surface area contributed by atoms with E-state index in [4.69, 9.17) is 4.74 Å². The Balaban J connectivity index is 2.06. The highest BCUT2D eigenvalue weighted by atomic mass is 19.1. The minimum absolute atomic E-state index is 0.232. The molecule has 1 heterocycles. The molecule has 16 heavy (non-hydrogen) atoms. The molecule has 0 aliphatic carbocycles. The number of halogens is 1. The van der Waals surface area contributed by atoms with E-state index in [0.29, 0.717) is 18.7 Å². The summed E-state index contributed by atoms with van der Waals surface area (Å²) in [5.41, 5.74) is 0.696. The Morgan fingerprint density at radius 3 is 2.75 bits per heavy atom. The van der Waals surface area contributed by atoms with Gasteiger partial charge in [0.2, 0.25) is 0 Å². The highest BCUT2D eigenvalue weighted by molar-refractivity contribution is 5.19. The minimum atomic E-state index is -0.691. The fourth-order valence-electron chi connectivity index (χ4n) is 1.88. The van der Waals surface area contributed by atoms with Crippen LogP contribution in [-0.4, -0.2) is 42.9 Å². The molecule has 2 rings (SSSR count). The van der Waals surface area contributed by atoms with Crippen LogP contribution in [0.5, 0.6) is 0 Å². The summed E-state index contributed by atoms with van der Waals surface area (Å²) in [6, 6.07) is 5.89. The van der Waals surface area contributed by atoms with Gasteiger partial charge in [0.25, 0.3) is 0 Å². The van der Waals surface area contributed by atoms with Crippen molar-refractivity contribution >= 4 is 0 Å². The number of hydrogen-bond acceptors (Lipinski definition) is 3. The van der Waals surface area contributed by atoms with Crippen molar-refractivity contribution in [2.45, 2.75) is 12.2 Å². The zero-order valence-corrected chi connectivity index (χ0v) is 9.27. The molecular weight excluding hydrogens is 209 g/mol. The maximum absolute atomic E-state index is 12.7. The predicted octanol–water partition coefficient (Wildman–Crippen LogP) is 1.19. The Labute approximate surface area is 94.4 Å². The maximum atomic E-state index is 12.7. The van der Waals surface area contributed by atoms with Gasteiger partial charge in [-0.2, -0.15) is 0 Å². The van der Waals surface area contributed by atoms with Gasteiger partial charge >= 0.3 is 0 Å². The van der Waals surface area contributed by atoms with E-state index >= 15 is 0 Å². The smallest absolute Gasteiger partial charge is 0.123 e. The summed E-state index contributed by atoms with van der Waals surface area (Å²) in [5, 5.41) is 10.1. The molecule has 0 amide bonds. The molecule has 1 aromatic carbocycles. The van der Waals surface area contributed by atoms with Crippen LogP contribution in [-0.2, 0) is 4.74 Å². The second kappa shape index (κ2) is 4.91. The van der Waals surface area contributed by atoms with Crippen LogP contribution in [0.1, 0.15) is 11.7 Å². The number of likely N-dealkylation sites (N-methyl/N-ethyl adjacent to an activating group) is 1. The van der Waals surface area contributed by atoms with Crippen molar-refractivity contribution in [3.8, 4) is 0 Å².